The van der Waals surface area contributed by atoms with E-state index >= 15 is 0 Å². The SMILES string of the molecule is COc1ccccc1NC(=O)COc1ccc(/C=C2\SC(=O)N(CC(=O)Nc3ccc(F)cc3F)C2=O)cc1OC. The lowest BCUT2D eigenvalue weighted by molar-refractivity contribution is -0.127. The molecule has 0 saturated carbocycles. The van der Waals surface area contributed by atoms with E-state index in [2.05, 4.69) is 10.6 Å². The molecule has 41 heavy (non-hydrogen) atoms. The Hall–Kier alpha value is -4.91. The molecule has 3 aromatic rings. The first-order chi connectivity index (χ1) is 19.7. The molecular formula is C28H23F2N3O7S. The normalized spacial score (nSPS) is 13.8. The Morgan fingerprint density at radius 2 is 1.61 bits per heavy atom. The maximum atomic E-state index is 13.8. The molecular weight excluding hydrogens is 560 g/mol. The number of thioether (sulfide) groups is 1. The predicted molar refractivity (Wildman–Crippen MR) is 148 cm³/mol. The van der Waals surface area contributed by atoms with Crippen molar-refractivity contribution in [2.24, 2.45) is 0 Å². The van der Waals surface area contributed by atoms with E-state index in [0.717, 1.165) is 12.1 Å². The van der Waals surface area contributed by atoms with Crippen LogP contribution in [0.5, 0.6) is 17.2 Å². The van der Waals surface area contributed by atoms with E-state index < -0.39 is 41.1 Å². The molecule has 0 unspecified atom stereocenters. The van der Waals surface area contributed by atoms with Crippen LogP contribution in [0.1, 0.15) is 5.56 Å². The van der Waals surface area contributed by atoms with Crippen molar-refractivity contribution in [1.82, 2.24) is 4.90 Å². The van der Waals surface area contributed by atoms with Crippen LogP contribution in [0.2, 0.25) is 0 Å². The zero-order valence-electron chi connectivity index (χ0n) is 21.7. The minimum atomic E-state index is -0.995. The van der Waals surface area contributed by atoms with Crippen LogP contribution in [-0.2, 0) is 14.4 Å². The summed E-state index contributed by atoms with van der Waals surface area (Å²) in [6.45, 7) is -0.984. The van der Waals surface area contributed by atoms with Gasteiger partial charge in [-0.2, -0.15) is 0 Å². The Balaban J connectivity index is 1.39. The molecule has 0 aliphatic carbocycles. The highest BCUT2D eigenvalue weighted by Gasteiger charge is 2.36. The first-order valence-electron chi connectivity index (χ1n) is 11.9. The summed E-state index contributed by atoms with van der Waals surface area (Å²) in [5, 5.41) is 4.21. The number of rotatable bonds is 10. The van der Waals surface area contributed by atoms with Crippen LogP contribution in [0.15, 0.2) is 65.6 Å². The lowest BCUT2D eigenvalue weighted by Gasteiger charge is -2.13. The zero-order valence-corrected chi connectivity index (χ0v) is 22.6. The maximum Gasteiger partial charge on any atom is 0.294 e. The van der Waals surface area contributed by atoms with Crippen molar-refractivity contribution in [3.63, 3.8) is 0 Å². The first kappa shape index (κ1) is 29.1. The van der Waals surface area contributed by atoms with E-state index in [1.165, 1.54) is 26.4 Å². The van der Waals surface area contributed by atoms with Gasteiger partial charge in [-0.25, -0.2) is 8.78 Å². The molecule has 212 valence electrons. The summed E-state index contributed by atoms with van der Waals surface area (Å²) in [5.74, 6) is -2.77. The maximum absolute atomic E-state index is 13.8. The number of nitrogens with zero attached hydrogens (tertiary/aromatic N) is 1. The number of carbonyl (C=O) groups excluding carboxylic acids is 4. The summed E-state index contributed by atoms with van der Waals surface area (Å²) in [4.78, 5) is 50.7. The molecule has 0 spiro atoms. The van der Waals surface area contributed by atoms with Crippen molar-refractivity contribution in [1.29, 1.82) is 0 Å². The number of hydrogen-bond donors (Lipinski definition) is 2. The molecule has 4 rings (SSSR count). The molecule has 0 bridgehead atoms. The Morgan fingerprint density at radius 1 is 0.878 bits per heavy atom. The van der Waals surface area contributed by atoms with Gasteiger partial charge in [-0.05, 0) is 59.8 Å². The molecule has 2 N–H and O–H groups in total. The fourth-order valence-corrected chi connectivity index (χ4v) is 4.52. The Morgan fingerprint density at radius 3 is 2.34 bits per heavy atom. The highest BCUT2D eigenvalue weighted by Crippen LogP contribution is 2.34. The van der Waals surface area contributed by atoms with Crippen LogP contribution >= 0.6 is 11.8 Å². The number of benzene rings is 3. The van der Waals surface area contributed by atoms with Crippen molar-refractivity contribution >= 4 is 52.2 Å². The Bertz CT molecular complexity index is 1550. The van der Waals surface area contributed by atoms with Gasteiger partial charge in [0.05, 0.1) is 30.5 Å². The second-order valence-corrected chi connectivity index (χ2v) is 9.38. The van der Waals surface area contributed by atoms with Gasteiger partial charge in [0.25, 0.3) is 17.1 Å². The van der Waals surface area contributed by atoms with E-state index in [1.54, 1.807) is 36.4 Å². The van der Waals surface area contributed by atoms with Gasteiger partial charge in [0, 0.05) is 6.07 Å². The van der Waals surface area contributed by atoms with Crippen molar-refractivity contribution in [3.8, 4) is 17.2 Å². The molecule has 10 nitrogen and oxygen atoms in total. The van der Waals surface area contributed by atoms with Crippen LogP contribution in [-0.4, -0.2) is 55.2 Å². The van der Waals surface area contributed by atoms with Gasteiger partial charge in [0.1, 0.15) is 23.9 Å². The van der Waals surface area contributed by atoms with Gasteiger partial charge in [0.15, 0.2) is 18.1 Å². The Labute approximate surface area is 237 Å². The minimum Gasteiger partial charge on any atom is -0.495 e. The fourth-order valence-electron chi connectivity index (χ4n) is 3.68. The van der Waals surface area contributed by atoms with E-state index in [4.69, 9.17) is 14.2 Å². The van der Waals surface area contributed by atoms with Crippen LogP contribution < -0.4 is 24.8 Å². The summed E-state index contributed by atoms with van der Waals surface area (Å²) in [6, 6.07) is 14.2. The molecule has 0 atom stereocenters. The summed E-state index contributed by atoms with van der Waals surface area (Å²) < 4.78 is 43.1. The molecule has 1 fully saturated rings. The van der Waals surface area contributed by atoms with E-state index in [-0.39, 0.29) is 28.7 Å². The van der Waals surface area contributed by atoms with Gasteiger partial charge >= 0.3 is 0 Å². The number of amides is 4. The third-order valence-corrected chi connectivity index (χ3v) is 6.51. The molecule has 0 radical (unpaired) electrons. The van der Waals surface area contributed by atoms with Crippen LogP contribution in [0.3, 0.4) is 0 Å². The molecule has 13 heteroatoms. The summed E-state index contributed by atoms with van der Waals surface area (Å²) >= 11 is 0.625. The third kappa shape index (κ3) is 7.19. The summed E-state index contributed by atoms with van der Waals surface area (Å²) in [7, 11) is 2.89. The van der Waals surface area contributed by atoms with E-state index in [1.807, 2.05) is 0 Å². The van der Waals surface area contributed by atoms with Crippen molar-refractivity contribution in [2.45, 2.75) is 0 Å². The fraction of sp³-hybridized carbons (Fsp3) is 0.143. The van der Waals surface area contributed by atoms with Crippen LogP contribution in [0.4, 0.5) is 25.0 Å². The topological polar surface area (TPSA) is 123 Å². The van der Waals surface area contributed by atoms with Crippen molar-refractivity contribution < 1.29 is 42.2 Å². The molecule has 4 amide bonds. The number of nitrogens with one attached hydrogen (secondary N) is 2. The smallest absolute Gasteiger partial charge is 0.294 e. The Kier molecular flexibility index (Phi) is 9.19. The lowest BCUT2D eigenvalue weighted by atomic mass is 10.2. The summed E-state index contributed by atoms with van der Waals surface area (Å²) in [6.07, 6.45) is 1.43. The monoisotopic (exact) mass is 583 g/mol. The van der Waals surface area contributed by atoms with Gasteiger partial charge in [0.2, 0.25) is 5.91 Å². The molecule has 3 aromatic carbocycles. The zero-order chi connectivity index (χ0) is 29.5. The number of hydrogen-bond acceptors (Lipinski definition) is 8. The lowest BCUT2D eigenvalue weighted by Crippen LogP contribution is -2.36. The predicted octanol–water partition coefficient (Wildman–Crippen LogP) is 4.67. The number of carbonyl (C=O) groups is 4. The van der Waals surface area contributed by atoms with Crippen LogP contribution in [0, 0.1) is 11.6 Å². The number of halogens is 2. The summed E-state index contributed by atoms with van der Waals surface area (Å²) in [5.41, 5.74) is 0.682. The first-order valence-corrected chi connectivity index (χ1v) is 12.7. The highest BCUT2D eigenvalue weighted by molar-refractivity contribution is 8.18. The standard InChI is InChI=1S/C28H23F2N3O7S/c1-38-21-6-4-3-5-20(21)32-26(35)15-40-22-10-7-16(11-23(22)39-2)12-24-27(36)33(28(37)41-24)14-25(34)31-19-9-8-17(29)13-18(19)30/h3-13H,14-15H2,1-2H3,(H,31,34)(H,32,35)/b24-12-. The number of anilines is 2. The number of imide groups is 1. The molecule has 1 saturated heterocycles. The van der Waals surface area contributed by atoms with E-state index in [0.29, 0.717) is 39.7 Å². The molecule has 1 heterocycles. The van der Waals surface area contributed by atoms with E-state index in [9.17, 15) is 28.0 Å². The second-order valence-electron chi connectivity index (χ2n) is 8.39. The van der Waals surface area contributed by atoms with Gasteiger partial charge in [-0.3, -0.25) is 24.1 Å². The third-order valence-electron chi connectivity index (χ3n) is 5.61. The number of ether oxygens (including phenoxy) is 3. The van der Waals surface area contributed by atoms with Crippen molar-refractivity contribution in [3.05, 3.63) is 82.8 Å². The van der Waals surface area contributed by atoms with Gasteiger partial charge < -0.3 is 24.8 Å². The molecule has 0 aromatic heterocycles. The largest absolute Gasteiger partial charge is 0.495 e. The average Bonchev–Trinajstić information content (AvgIpc) is 3.21. The van der Waals surface area contributed by atoms with Crippen LogP contribution in [0.25, 0.3) is 6.08 Å². The minimum absolute atomic E-state index is 0.0441. The second kappa shape index (κ2) is 13.0. The number of methoxy groups -OCH3 is 2. The molecule has 1 aliphatic rings. The average molecular weight is 584 g/mol. The molecule has 1 aliphatic heterocycles. The van der Waals surface area contributed by atoms with Crippen molar-refractivity contribution in [2.75, 3.05) is 38.0 Å². The highest BCUT2D eigenvalue weighted by atomic mass is 32.2. The van der Waals surface area contributed by atoms with Gasteiger partial charge in [-0.15, -0.1) is 0 Å². The quantitative estimate of drug-likeness (QED) is 0.330. The number of para-hydroxylation sites is 2. The van der Waals surface area contributed by atoms with Gasteiger partial charge in [-0.1, -0.05) is 18.2 Å².